The van der Waals surface area contributed by atoms with Crippen molar-refractivity contribution in [2.75, 3.05) is 7.05 Å². The molecule has 0 amide bonds. The second-order valence-corrected chi connectivity index (χ2v) is 6.89. The van der Waals surface area contributed by atoms with Gasteiger partial charge in [0.15, 0.2) is 0 Å². The average Bonchev–Trinajstić information content (AvgIpc) is 2.69. The third-order valence-electron chi connectivity index (χ3n) is 4.63. The Kier molecular flexibility index (Phi) is 8.46. The van der Waals surface area contributed by atoms with Crippen molar-refractivity contribution in [3.63, 3.8) is 0 Å². The van der Waals surface area contributed by atoms with E-state index in [0.29, 0.717) is 6.54 Å². The van der Waals surface area contributed by atoms with Gasteiger partial charge >= 0.3 is 6.18 Å². The normalized spacial score (nSPS) is 18.1. The molecule has 1 N–H and O–H groups in total. The standard InChI is InChI=1S/C23H28F3N3/c1-4-13-27-14-12-18(5-2)15-20-8-11-22(29(3)17-20)28-16-19-6-9-21(10-7-19)23(24,25)26/h4-11,13-14,17,22,28H,12,15-16H2,1-3H3/b13-4-,18-5+,27-14-. The summed E-state index contributed by atoms with van der Waals surface area (Å²) in [6.07, 6.45) is 11.3. The fraction of sp³-hybridized carbons (Fsp3) is 0.348. The first-order valence-corrected chi connectivity index (χ1v) is 9.60. The van der Waals surface area contributed by atoms with Gasteiger partial charge in [0, 0.05) is 38.6 Å². The van der Waals surface area contributed by atoms with Gasteiger partial charge in [-0.15, -0.1) is 0 Å². The van der Waals surface area contributed by atoms with Crippen LogP contribution in [0, 0.1) is 0 Å². The number of halogens is 3. The van der Waals surface area contributed by atoms with E-state index in [1.807, 2.05) is 33.2 Å². The number of nitrogens with one attached hydrogen (secondary N) is 1. The second kappa shape index (κ2) is 10.8. The molecule has 2 rings (SSSR count). The third kappa shape index (κ3) is 7.38. The summed E-state index contributed by atoms with van der Waals surface area (Å²) in [6, 6.07) is 5.26. The predicted octanol–water partition coefficient (Wildman–Crippen LogP) is 5.84. The van der Waals surface area contributed by atoms with Crippen LogP contribution in [0.3, 0.4) is 0 Å². The SMILES string of the molecule is C/C=C\N=C/C/C(=C\C)CC1=CN(C)C(NCc2ccc(C(F)(F)F)cc2)C=C1. The van der Waals surface area contributed by atoms with Gasteiger partial charge in [0.25, 0.3) is 0 Å². The van der Waals surface area contributed by atoms with E-state index in [9.17, 15) is 13.2 Å². The Bertz CT molecular complexity index is 800. The number of rotatable bonds is 8. The minimum Gasteiger partial charge on any atom is -0.361 e. The molecule has 1 aromatic carbocycles. The van der Waals surface area contributed by atoms with Gasteiger partial charge in [-0.25, -0.2) is 0 Å². The van der Waals surface area contributed by atoms with Crippen molar-refractivity contribution in [1.29, 1.82) is 0 Å². The fourth-order valence-corrected chi connectivity index (χ4v) is 2.96. The lowest BCUT2D eigenvalue weighted by Gasteiger charge is -2.29. The largest absolute Gasteiger partial charge is 0.416 e. The Morgan fingerprint density at radius 1 is 1.21 bits per heavy atom. The number of benzene rings is 1. The van der Waals surface area contributed by atoms with Crippen LogP contribution in [-0.2, 0) is 12.7 Å². The minimum atomic E-state index is -4.30. The summed E-state index contributed by atoms with van der Waals surface area (Å²) in [4.78, 5) is 6.27. The van der Waals surface area contributed by atoms with E-state index in [1.165, 1.54) is 23.3 Å². The lowest BCUT2D eigenvalue weighted by atomic mass is 10.0. The Labute approximate surface area is 171 Å². The summed E-state index contributed by atoms with van der Waals surface area (Å²) >= 11 is 0. The molecule has 156 valence electrons. The van der Waals surface area contributed by atoms with Gasteiger partial charge in [-0.1, -0.05) is 35.9 Å². The van der Waals surface area contributed by atoms with Crippen LogP contribution in [0.4, 0.5) is 13.2 Å². The zero-order valence-corrected chi connectivity index (χ0v) is 17.1. The van der Waals surface area contributed by atoms with E-state index in [1.54, 1.807) is 6.20 Å². The topological polar surface area (TPSA) is 27.6 Å². The van der Waals surface area contributed by atoms with Crippen LogP contribution in [0.25, 0.3) is 0 Å². The van der Waals surface area contributed by atoms with Crippen LogP contribution in [0.1, 0.15) is 37.8 Å². The highest BCUT2D eigenvalue weighted by Gasteiger charge is 2.29. The van der Waals surface area contributed by atoms with E-state index < -0.39 is 11.7 Å². The molecule has 29 heavy (non-hydrogen) atoms. The summed E-state index contributed by atoms with van der Waals surface area (Å²) < 4.78 is 38.0. The van der Waals surface area contributed by atoms with E-state index in [0.717, 1.165) is 30.5 Å². The maximum atomic E-state index is 12.7. The molecule has 1 aliphatic rings. The summed E-state index contributed by atoms with van der Waals surface area (Å²) in [6.45, 7) is 4.45. The molecule has 1 aromatic rings. The molecule has 0 bridgehead atoms. The number of allylic oxidation sites excluding steroid dienone is 5. The third-order valence-corrected chi connectivity index (χ3v) is 4.63. The molecule has 0 saturated carbocycles. The zero-order chi connectivity index (χ0) is 21.3. The van der Waals surface area contributed by atoms with Crippen LogP contribution in [0.15, 0.2) is 77.1 Å². The molecular formula is C23H28F3N3. The van der Waals surface area contributed by atoms with Gasteiger partial charge < -0.3 is 4.90 Å². The predicted molar refractivity (Wildman–Crippen MR) is 113 cm³/mol. The van der Waals surface area contributed by atoms with Gasteiger partial charge in [-0.2, -0.15) is 13.2 Å². The van der Waals surface area contributed by atoms with Crippen LogP contribution < -0.4 is 5.32 Å². The fourth-order valence-electron chi connectivity index (χ4n) is 2.96. The summed E-state index contributed by atoms with van der Waals surface area (Å²) in [5, 5.41) is 3.35. The molecule has 0 spiro atoms. The van der Waals surface area contributed by atoms with E-state index in [-0.39, 0.29) is 6.17 Å². The molecule has 3 nitrogen and oxygen atoms in total. The van der Waals surface area contributed by atoms with E-state index in [2.05, 4.69) is 39.6 Å². The molecule has 0 saturated heterocycles. The zero-order valence-electron chi connectivity index (χ0n) is 17.1. The average molecular weight is 403 g/mol. The van der Waals surface area contributed by atoms with Crippen molar-refractivity contribution in [2.24, 2.45) is 4.99 Å². The van der Waals surface area contributed by atoms with Crippen molar-refractivity contribution in [1.82, 2.24) is 10.2 Å². The molecule has 1 heterocycles. The number of nitrogens with zero attached hydrogens (tertiary/aromatic N) is 2. The molecule has 1 atom stereocenters. The Balaban J connectivity index is 1.87. The molecule has 0 aliphatic carbocycles. The number of alkyl halides is 3. The molecule has 0 aromatic heterocycles. The maximum Gasteiger partial charge on any atom is 0.416 e. The Morgan fingerprint density at radius 3 is 2.52 bits per heavy atom. The lowest BCUT2D eigenvalue weighted by Crippen LogP contribution is -2.40. The van der Waals surface area contributed by atoms with Crippen LogP contribution in [0.5, 0.6) is 0 Å². The first kappa shape index (κ1) is 22.7. The Hall–Kier alpha value is -2.60. The highest BCUT2D eigenvalue weighted by molar-refractivity contribution is 5.62. The lowest BCUT2D eigenvalue weighted by molar-refractivity contribution is -0.137. The molecule has 0 fully saturated rings. The molecule has 1 aliphatic heterocycles. The van der Waals surface area contributed by atoms with Crippen LogP contribution >= 0.6 is 0 Å². The van der Waals surface area contributed by atoms with Gasteiger partial charge in [0.1, 0.15) is 0 Å². The van der Waals surface area contributed by atoms with Crippen molar-refractivity contribution >= 4 is 6.21 Å². The first-order chi connectivity index (χ1) is 13.8. The van der Waals surface area contributed by atoms with Crippen LogP contribution in [0.2, 0.25) is 0 Å². The van der Waals surface area contributed by atoms with Gasteiger partial charge in [0.05, 0.1) is 11.7 Å². The van der Waals surface area contributed by atoms with E-state index >= 15 is 0 Å². The highest BCUT2D eigenvalue weighted by atomic mass is 19.4. The van der Waals surface area contributed by atoms with Crippen molar-refractivity contribution in [3.05, 3.63) is 83.2 Å². The van der Waals surface area contributed by atoms with E-state index in [4.69, 9.17) is 0 Å². The first-order valence-electron chi connectivity index (χ1n) is 9.60. The summed E-state index contributed by atoms with van der Waals surface area (Å²) in [5.74, 6) is 0. The highest BCUT2D eigenvalue weighted by Crippen LogP contribution is 2.29. The monoisotopic (exact) mass is 403 g/mol. The molecule has 1 unspecified atom stereocenters. The number of aliphatic imine (C=N–C) groups is 1. The maximum absolute atomic E-state index is 12.7. The summed E-state index contributed by atoms with van der Waals surface area (Å²) in [7, 11) is 1.98. The molecular weight excluding hydrogens is 375 g/mol. The van der Waals surface area contributed by atoms with Gasteiger partial charge in [0.2, 0.25) is 0 Å². The number of hydrogen-bond donors (Lipinski definition) is 1. The second-order valence-electron chi connectivity index (χ2n) is 6.89. The van der Waals surface area contributed by atoms with Gasteiger partial charge in [-0.3, -0.25) is 10.3 Å². The minimum absolute atomic E-state index is 0.00801. The summed E-state index contributed by atoms with van der Waals surface area (Å²) in [5.41, 5.74) is 2.68. The molecule has 6 heteroatoms. The van der Waals surface area contributed by atoms with Gasteiger partial charge in [-0.05, 0) is 49.6 Å². The Morgan fingerprint density at radius 2 is 1.93 bits per heavy atom. The number of hydrogen-bond acceptors (Lipinski definition) is 3. The number of likely N-dealkylation sites (N-methyl/N-ethyl adjacent to an activating group) is 1. The van der Waals surface area contributed by atoms with Crippen molar-refractivity contribution < 1.29 is 13.2 Å². The quantitative estimate of drug-likeness (QED) is 0.436. The smallest absolute Gasteiger partial charge is 0.361 e. The van der Waals surface area contributed by atoms with Crippen molar-refractivity contribution in [3.8, 4) is 0 Å². The molecule has 0 radical (unpaired) electrons. The van der Waals surface area contributed by atoms with Crippen LogP contribution in [-0.4, -0.2) is 24.3 Å². The van der Waals surface area contributed by atoms with Crippen molar-refractivity contribution in [2.45, 2.75) is 45.6 Å².